The van der Waals surface area contributed by atoms with Crippen molar-refractivity contribution in [2.24, 2.45) is 17.8 Å². The van der Waals surface area contributed by atoms with Gasteiger partial charge in [0.25, 0.3) is 0 Å². The highest BCUT2D eigenvalue weighted by molar-refractivity contribution is 5.87. The maximum absolute atomic E-state index is 11.3. The van der Waals surface area contributed by atoms with Gasteiger partial charge in [-0.2, -0.15) is 0 Å². The van der Waals surface area contributed by atoms with Gasteiger partial charge >= 0.3 is 5.97 Å². The SMILES string of the molecule is CCc1ccc(C([O])=O)cc1C12CC3CC(CC(C3)C1)C2. The van der Waals surface area contributed by atoms with Crippen molar-refractivity contribution in [3.05, 3.63) is 34.9 Å². The third-order valence-electron chi connectivity index (χ3n) is 6.34. The van der Waals surface area contributed by atoms with Crippen LogP contribution in [0.2, 0.25) is 0 Å². The van der Waals surface area contributed by atoms with Crippen LogP contribution in [0.25, 0.3) is 0 Å². The van der Waals surface area contributed by atoms with E-state index in [-0.39, 0.29) is 5.41 Å². The zero-order valence-corrected chi connectivity index (χ0v) is 12.7. The van der Waals surface area contributed by atoms with E-state index in [1.54, 1.807) is 6.07 Å². The molecule has 0 aromatic heterocycles. The van der Waals surface area contributed by atoms with Gasteiger partial charge in [-0.15, -0.1) is 0 Å². The van der Waals surface area contributed by atoms with Gasteiger partial charge in [0.1, 0.15) is 0 Å². The molecule has 5 rings (SSSR count). The number of benzene rings is 1. The minimum atomic E-state index is -1.04. The van der Waals surface area contributed by atoms with Crippen LogP contribution >= 0.6 is 0 Å². The number of carbonyl (C=O) groups is 1. The Labute approximate surface area is 126 Å². The van der Waals surface area contributed by atoms with Crippen LogP contribution in [0.5, 0.6) is 0 Å². The van der Waals surface area contributed by atoms with E-state index in [2.05, 4.69) is 6.92 Å². The smallest absolute Gasteiger partial charge is 0.242 e. The average Bonchev–Trinajstić information content (AvgIpc) is 2.45. The Balaban J connectivity index is 1.81. The fourth-order valence-electron chi connectivity index (χ4n) is 5.95. The Morgan fingerprint density at radius 2 is 1.67 bits per heavy atom. The largest absolute Gasteiger partial charge is 0.386 e. The molecule has 4 fully saturated rings. The summed E-state index contributed by atoms with van der Waals surface area (Å²) in [6, 6.07) is 5.69. The Kier molecular flexibility index (Phi) is 2.92. The lowest BCUT2D eigenvalue weighted by atomic mass is 9.47. The number of aryl methyl sites for hydroxylation is 1. The predicted octanol–water partition coefficient (Wildman–Crippen LogP) is 4.29. The third kappa shape index (κ3) is 2.03. The minimum Gasteiger partial charge on any atom is -0.242 e. The molecule has 0 saturated heterocycles. The summed E-state index contributed by atoms with van der Waals surface area (Å²) >= 11 is 0. The summed E-state index contributed by atoms with van der Waals surface area (Å²) in [5, 5.41) is 11.3. The van der Waals surface area contributed by atoms with Gasteiger partial charge in [-0.3, -0.25) is 0 Å². The lowest BCUT2D eigenvalue weighted by Gasteiger charge is -2.57. The first kappa shape index (κ1) is 13.4. The van der Waals surface area contributed by atoms with E-state index >= 15 is 0 Å². The molecule has 4 aliphatic carbocycles. The van der Waals surface area contributed by atoms with Crippen LogP contribution in [0.4, 0.5) is 0 Å². The zero-order valence-electron chi connectivity index (χ0n) is 12.7. The monoisotopic (exact) mass is 283 g/mol. The topological polar surface area (TPSA) is 37.0 Å². The Hall–Kier alpha value is -1.31. The summed E-state index contributed by atoms with van der Waals surface area (Å²) in [7, 11) is 0. The van der Waals surface area contributed by atoms with Gasteiger partial charge in [0.05, 0.1) is 5.56 Å². The molecule has 1 radical (unpaired) electrons. The molecule has 0 aliphatic heterocycles. The van der Waals surface area contributed by atoms with Crippen molar-refractivity contribution in [1.82, 2.24) is 0 Å². The fraction of sp³-hybridized carbons (Fsp3) is 0.632. The molecule has 1 aromatic carbocycles. The molecule has 4 saturated carbocycles. The molecule has 111 valence electrons. The van der Waals surface area contributed by atoms with Gasteiger partial charge < -0.3 is 0 Å². The first-order valence-electron chi connectivity index (χ1n) is 8.44. The van der Waals surface area contributed by atoms with Gasteiger partial charge in [0.2, 0.25) is 0 Å². The molecular weight excluding hydrogens is 260 g/mol. The second kappa shape index (κ2) is 4.59. The van der Waals surface area contributed by atoms with Crippen LogP contribution in [-0.4, -0.2) is 5.97 Å². The lowest BCUT2D eigenvalue weighted by molar-refractivity contribution is -0.00559. The number of carbonyl (C=O) groups excluding carboxylic acids is 1. The summed E-state index contributed by atoms with van der Waals surface area (Å²) in [5.74, 6) is 1.61. The first-order chi connectivity index (χ1) is 10.1. The predicted molar refractivity (Wildman–Crippen MR) is 80.7 cm³/mol. The van der Waals surface area contributed by atoms with Crippen LogP contribution in [0, 0.1) is 17.8 Å². The van der Waals surface area contributed by atoms with Crippen LogP contribution in [0.3, 0.4) is 0 Å². The molecule has 2 nitrogen and oxygen atoms in total. The molecular formula is C19H23O2. The van der Waals surface area contributed by atoms with Crippen LogP contribution in [-0.2, 0) is 16.9 Å². The maximum atomic E-state index is 11.3. The second-order valence-corrected chi connectivity index (χ2v) is 7.71. The summed E-state index contributed by atoms with van der Waals surface area (Å²) < 4.78 is 0. The standard InChI is InChI=1S/C19H23O2/c1-2-15-3-4-16(18(20)21)8-17(15)19-9-12-5-13(10-19)7-14(6-12)11-19/h3-4,8,12-14H,2,5-7,9-11H2,1H3. The van der Waals surface area contributed by atoms with Gasteiger partial charge in [-0.05, 0) is 91.4 Å². The highest BCUT2D eigenvalue weighted by atomic mass is 16.4. The zero-order chi connectivity index (χ0) is 14.6. The molecule has 21 heavy (non-hydrogen) atoms. The number of hydrogen-bond acceptors (Lipinski definition) is 1. The van der Waals surface area contributed by atoms with E-state index in [0.29, 0.717) is 5.56 Å². The Morgan fingerprint density at radius 3 is 2.14 bits per heavy atom. The normalized spacial score (nSPS) is 36.9. The summed E-state index contributed by atoms with van der Waals surface area (Å²) in [6.07, 6.45) is 9.08. The Bertz CT molecular complexity index is 552. The lowest BCUT2D eigenvalue weighted by Crippen LogP contribution is -2.49. The highest BCUT2D eigenvalue weighted by Gasteiger charge is 2.52. The van der Waals surface area contributed by atoms with E-state index in [9.17, 15) is 9.90 Å². The van der Waals surface area contributed by atoms with Crippen LogP contribution < -0.4 is 0 Å². The van der Waals surface area contributed by atoms with Crippen molar-refractivity contribution in [3.63, 3.8) is 0 Å². The Morgan fingerprint density at radius 1 is 1.10 bits per heavy atom. The molecule has 4 aliphatic rings. The minimum absolute atomic E-state index is 0.269. The van der Waals surface area contributed by atoms with Crippen LogP contribution in [0.1, 0.15) is 66.9 Å². The van der Waals surface area contributed by atoms with E-state index in [4.69, 9.17) is 0 Å². The van der Waals surface area contributed by atoms with E-state index in [1.807, 2.05) is 12.1 Å². The van der Waals surface area contributed by atoms with Crippen LogP contribution in [0.15, 0.2) is 18.2 Å². The first-order valence-corrected chi connectivity index (χ1v) is 8.44. The van der Waals surface area contributed by atoms with Gasteiger partial charge in [0.15, 0.2) is 0 Å². The molecule has 0 amide bonds. The van der Waals surface area contributed by atoms with Crippen molar-refractivity contribution >= 4 is 5.97 Å². The molecule has 0 atom stereocenters. The number of rotatable bonds is 3. The quantitative estimate of drug-likeness (QED) is 0.815. The second-order valence-electron chi connectivity index (χ2n) is 7.71. The molecule has 0 N–H and O–H groups in total. The molecule has 2 heteroatoms. The molecule has 0 heterocycles. The average molecular weight is 283 g/mol. The van der Waals surface area contributed by atoms with E-state index in [1.165, 1.54) is 49.7 Å². The third-order valence-corrected chi connectivity index (χ3v) is 6.34. The van der Waals surface area contributed by atoms with Crippen molar-refractivity contribution < 1.29 is 9.90 Å². The number of hydrogen-bond donors (Lipinski definition) is 0. The van der Waals surface area contributed by atoms with Crippen molar-refractivity contribution in [2.45, 2.75) is 57.3 Å². The van der Waals surface area contributed by atoms with Gasteiger partial charge in [0, 0.05) is 0 Å². The molecule has 0 spiro atoms. The van der Waals surface area contributed by atoms with Crippen molar-refractivity contribution in [3.8, 4) is 0 Å². The van der Waals surface area contributed by atoms with Gasteiger partial charge in [-0.25, -0.2) is 9.90 Å². The molecule has 1 aromatic rings. The summed E-state index contributed by atoms with van der Waals surface area (Å²) in [5.41, 5.74) is 3.32. The van der Waals surface area contributed by atoms with Gasteiger partial charge in [-0.1, -0.05) is 13.0 Å². The molecule has 0 unspecified atom stereocenters. The molecule has 4 bridgehead atoms. The summed E-state index contributed by atoms with van der Waals surface area (Å²) in [4.78, 5) is 11.3. The van der Waals surface area contributed by atoms with Crippen molar-refractivity contribution in [2.75, 3.05) is 0 Å². The van der Waals surface area contributed by atoms with E-state index in [0.717, 1.165) is 24.2 Å². The fourth-order valence-corrected chi connectivity index (χ4v) is 5.95. The summed E-state index contributed by atoms with van der Waals surface area (Å²) in [6.45, 7) is 2.18. The highest BCUT2D eigenvalue weighted by Crippen LogP contribution is 2.61. The van der Waals surface area contributed by atoms with E-state index < -0.39 is 5.97 Å². The van der Waals surface area contributed by atoms with Crippen molar-refractivity contribution in [1.29, 1.82) is 0 Å². The maximum Gasteiger partial charge on any atom is 0.386 e.